The molecule has 1 aromatic carbocycles. The van der Waals surface area contributed by atoms with E-state index < -0.39 is 0 Å². The molecule has 1 aromatic heterocycles. The first kappa shape index (κ1) is 15.3. The van der Waals surface area contributed by atoms with Gasteiger partial charge in [-0.05, 0) is 56.2 Å². The molecule has 0 radical (unpaired) electrons. The lowest BCUT2D eigenvalue weighted by molar-refractivity contribution is 0.886. The van der Waals surface area contributed by atoms with Crippen molar-refractivity contribution in [3.63, 3.8) is 0 Å². The third-order valence-corrected chi connectivity index (χ3v) is 6.63. The Labute approximate surface area is 140 Å². The Morgan fingerprint density at radius 2 is 1.86 bits per heavy atom. The van der Waals surface area contributed by atoms with Gasteiger partial charge in [-0.3, -0.25) is 0 Å². The Morgan fingerprint density at radius 3 is 2.48 bits per heavy atom. The number of rotatable bonds is 5. The summed E-state index contributed by atoms with van der Waals surface area (Å²) in [6.45, 7) is 2.17. The average Bonchev–Trinajstić information content (AvgIpc) is 3.12. The maximum absolute atomic E-state index is 6.00. The van der Waals surface area contributed by atoms with Gasteiger partial charge in [0.1, 0.15) is 0 Å². The topological polar surface area (TPSA) is 12.0 Å². The van der Waals surface area contributed by atoms with Crippen molar-refractivity contribution < 1.29 is 0 Å². The number of benzene rings is 1. The second-order valence-corrected chi connectivity index (χ2v) is 8.68. The molecular formula is C17H20ClNS2. The zero-order chi connectivity index (χ0) is 14.7. The molecule has 2 aromatic rings. The van der Waals surface area contributed by atoms with Crippen molar-refractivity contribution in [3.05, 3.63) is 45.6 Å². The summed E-state index contributed by atoms with van der Waals surface area (Å²) in [5, 5.41) is 4.36. The molecule has 1 aliphatic carbocycles. The molecule has 1 fully saturated rings. The lowest BCUT2D eigenvalue weighted by atomic mass is 10.2. The lowest BCUT2D eigenvalue weighted by Crippen LogP contribution is -2.04. The third kappa shape index (κ3) is 4.18. The van der Waals surface area contributed by atoms with E-state index in [1.807, 2.05) is 17.8 Å². The number of thiophene rings is 1. The SMILES string of the molecule is CC(Nc1ccc(SC2CCCC2)cc1)c1ccc(Cl)s1. The fourth-order valence-corrected chi connectivity index (χ4v) is 5.02. The van der Waals surface area contributed by atoms with Crippen LogP contribution in [0, 0.1) is 0 Å². The fourth-order valence-electron chi connectivity index (χ4n) is 2.71. The van der Waals surface area contributed by atoms with E-state index in [-0.39, 0.29) is 6.04 Å². The third-order valence-electron chi connectivity index (χ3n) is 3.86. The highest BCUT2D eigenvalue weighted by Gasteiger charge is 2.16. The smallest absolute Gasteiger partial charge is 0.0932 e. The van der Waals surface area contributed by atoms with Crippen molar-refractivity contribution >= 4 is 40.4 Å². The maximum Gasteiger partial charge on any atom is 0.0932 e. The maximum atomic E-state index is 6.00. The normalized spacial score (nSPS) is 17.0. The van der Waals surface area contributed by atoms with E-state index >= 15 is 0 Å². The monoisotopic (exact) mass is 337 g/mol. The minimum atomic E-state index is 0.288. The van der Waals surface area contributed by atoms with Crippen LogP contribution in [0.4, 0.5) is 5.69 Å². The van der Waals surface area contributed by atoms with Crippen LogP contribution in [0.1, 0.15) is 43.5 Å². The average molecular weight is 338 g/mol. The van der Waals surface area contributed by atoms with Crippen LogP contribution in [0.2, 0.25) is 4.34 Å². The number of anilines is 1. The van der Waals surface area contributed by atoms with Crippen LogP contribution in [0.5, 0.6) is 0 Å². The van der Waals surface area contributed by atoms with Crippen LogP contribution in [0.25, 0.3) is 0 Å². The van der Waals surface area contributed by atoms with E-state index in [0.717, 1.165) is 9.59 Å². The minimum Gasteiger partial charge on any atom is -0.378 e. The van der Waals surface area contributed by atoms with Crippen molar-refractivity contribution in [1.29, 1.82) is 0 Å². The van der Waals surface area contributed by atoms with Crippen LogP contribution in [0.3, 0.4) is 0 Å². The summed E-state index contributed by atoms with van der Waals surface area (Å²) >= 11 is 9.67. The molecule has 0 amide bonds. The second-order valence-electron chi connectivity index (χ2n) is 5.56. The van der Waals surface area contributed by atoms with E-state index in [9.17, 15) is 0 Å². The van der Waals surface area contributed by atoms with E-state index in [1.54, 1.807) is 11.3 Å². The summed E-state index contributed by atoms with van der Waals surface area (Å²) < 4.78 is 0.849. The molecule has 21 heavy (non-hydrogen) atoms. The second kappa shape index (κ2) is 7.08. The molecule has 0 aliphatic heterocycles. The van der Waals surface area contributed by atoms with Crippen molar-refractivity contribution in [2.75, 3.05) is 5.32 Å². The summed E-state index contributed by atoms with van der Waals surface area (Å²) in [4.78, 5) is 2.66. The van der Waals surface area contributed by atoms with E-state index in [4.69, 9.17) is 11.6 Å². The van der Waals surface area contributed by atoms with Gasteiger partial charge in [0.25, 0.3) is 0 Å². The molecule has 1 nitrogen and oxygen atoms in total. The highest BCUT2D eigenvalue weighted by Crippen LogP contribution is 2.35. The lowest BCUT2D eigenvalue weighted by Gasteiger charge is -2.14. The van der Waals surface area contributed by atoms with Gasteiger partial charge in [0.2, 0.25) is 0 Å². The van der Waals surface area contributed by atoms with Crippen LogP contribution in [-0.4, -0.2) is 5.25 Å². The number of halogens is 1. The Kier molecular flexibility index (Phi) is 5.15. The first-order chi connectivity index (χ1) is 10.2. The van der Waals surface area contributed by atoms with Gasteiger partial charge in [0.05, 0.1) is 10.4 Å². The molecule has 1 unspecified atom stereocenters. The Morgan fingerprint density at radius 1 is 1.14 bits per heavy atom. The minimum absolute atomic E-state index is 0.288. The predicted molar refractivity (Wildman–Crippen MR) is 95.9 cm³/mol. The largest absolute Gasteiger partial charge is 0.378 e. The van der Waals surface area contributed by atoms with Gasteiger partial charge in [-0.2, -0.15) is 0 Å². The van der Waals surface area contributed by atoms with Crippen molar-refractivity contribution in [2.45, 2.75) is 48.8 Å². The number of nitrogens with one attached hydrogen (secondary N) is 1. The molecule has 1 heterocycles. The molecule has 112 valence electrons. The Hall–Kier alpha value is -0.640. The molecule has 1 aliphatic rings. The Bertz CT molecular complexity index is 573. The van der Waals surface area contributed by atoms with Crippen molar-refractivity contribution in [1.82, 2.24) is 0 Å². The van der Waals surface area contributed by atoms with Crippen LogP contribution in [-0.2, 0) is 0 Å². The molecule has 1 saturated carbocycles. The van der Waals surface area contributed by atoms with Gasteiger partial charge >= 0.3 is 0 Å². The molecule has 3 rings (SSSR count). The first-order valence-corrected chi connectivity index (χ1v) is 9.56. The van der Waals surface area contributed by atoms with E-state index in [0.29, 0.717) is 0 Å². The summed E-state index contributed by atoms with van der Waals surface area (Å²) in [5.41, 5.74) is 1.17. The van der Waals surface area contributed by atoms with Crippen LogP contribution >= 0.6 is 34.7 Å². The van der Waals surface area contributed by atoms with Crippen molar-refractivity contribution in [3.8, 4) is 0 Å². The zero-order valence-corrected chi connectivity index (χ0v) is 14.5. The van der Waals surface area contributed by atoms with Crippen LogP contribution < -0.4 is 5.32 Å². The van der Waals surface area contributed by atoms with Gasteiger partial charge in [-0.25, -0.2) is 0 Å². The molecule has 0 bridgehead atoms. The molecule has 0 saturated heterocycles. The quantitative estimate of drug-likeness (QED) is 0.658. The Balaban J connectivity index is 1.58. The molecule has 1 atom stereocenters. The molecule has 0 spiro atoms. The highest BCUT2D eigenvalue weighted by atomic mass is 35.5. The summed E-state index contributed by atoms with van der Waals surface area (Å²) in [5.74, 6) is 0. The number of hydrogen-bond acceptors (Lipinski definition) is 3. The van der Waals surface area contributed by atoms with Gasteiger partial charge < -0.3 is 5.32 Å². The fraction of sp³-hybridized carbons (Fsp3) is 0.412. The molecule has 4 heteroatoms. The zero-order valence-electron chi connectivity index (χ0n) is 12.1. The summed E-state index contributed by atoms with van der Waals surface area (Å²) in [6, 6.07) is 13.2. The summed E-state index contributed by atoms with van der Waals surface area (Å²) in [6.07, 6.45) is 5.55. The predicted octanol–water partition coefficient (Wildman–Crippen LogP) is 6.61. The molecule has 1 N–H and O–H groups in total. The van der Waals surface area contributed by atoms with Crippen LogP contribution in [0.15, 0.2) is 41.3 Å². The highest BCUT2D eigenvalue weighted by molar-refractivity contribution is 8.00. The number of hydrogen-bond donors (Lipinski definition) is 1. The van der Waals surface area contributed by atoms with Gasteiger partial charge in [0.15, 0.2) is 0 Å². The van der Waals surface area contributed by atoms with Gasteiger partial charge in [-0.15, -0.1) is 23.1 Å². The number of thioether (sulfide) groups is 1. The first-order valence-electron chi connectivity index (χ1n) is 7.49. The van der Waals surface area contributed by atoms with E-state index in [1.165, 1.54) is 41.1 Å². The van der Waals surface area contributed by atoms with Gasteiger partial charge in [0, 0.05) is 20.7 Å². The molecular weight excluding hydrogens is 318 g/mol. The van der Waals surface area contributed by atoms with Gasteiger partial charge in [-0.1, -0.05) is 24.4 Å². The van der Waals surface area contributed by atoms with E-state index in [2.05, 4.69) is 42.6 Å². The van der Waals surface area contributed by atoms with Crippen molar-refractivity contribution in [2.24, 2.45) is 0 Å². The summed E-state index contributed by atoms with van der Waals surface area (Å²) in [7, 11) is 0. The standard InChI is InChI=1S/C17H20ClNS2/c1-12(16-10-11-17(18)21-16)19-13-6-8-15(9-7-13)20-14-4-2-3-5-14/h6-12,14,19H,2-5H2,1H3.